The molecule has 2 unspecified atom stereocenters. The van der Waals surface area contributed by atoms with E-state index in [0.29, 0.717) is 18.8 Å². The molecule has 2 aliphatic heterocycles. The van der Waals surface area contributed by atoms with Crippen LogP contribution in [0.25, 0.3) is 0 Å². The van der Waals surface area contributed by atoms with Gasteiger partial charge in [-0.3, -0.25) is 14.5 Å². The highest BCUT2D eigenvalue weighted by atomic mass is 16.2. The number of nitrogens with one attached hydrogen (secondary N) is 1. The second-order valence-electron chi connectivity index (χ2n) is 4.86. The highest BCUT2D eigenvalue weighted by Gasteiger charge is 2.34. The van der Waals surface area contributed by atoms with E-state index in [4.69, 9.17) is 0 Å². The third-order valence-electron chi connectivity index (χ3n) is 3.74. The summed E-state index contributed by atoms with van der Waals surface area (Å²) in [6.07, 6.45) is 4.06. The number of rotatable bonds is 2. The maximum atomic E-state index is 11.8. The van der Waals surface area contributed by atoms with Gasteiger partial charge in [0.05, 0.1) is 0 Å². The molecule has 2 heterocycles. The van der Waals surface area contributed by atoms with Gasteiger partial charge in [0.2, 0.25) is 11.8 Å². The molecule has 90 valence electrons. The monoisotopic (exact) mass is 224 g/mol. The Labute approximate surface area is 96.4 Å². The van der Waals surface area contributed by atoms with Crippen LogP contribution in [0, 0.1) is 5.92 Å². The van der Waals surface area contributed by atoms with Gasteiger partial charge in [-0.15, -0.1) is 0 Å². The molecule has 2 amide bonds. The molecule has 16 heavy (non-hydrogen) atoms. The number of likely N-dealkylation sites (tertiary alicyclic amines) is 1. The summed E-state index contributed by atoms with van der Waals surface area (Å²) in [7, 11) is 0. The molecule has 4 heteroatoms. The highest BCUT2D eigenvalue weighted by molar-refractivity contribution is 5.97. The van der Waals surface area contributed by atoms with E-state index in [9.17, 15) is 9.59 Å². The molecule has 0 spiro atoms. The number of hydrogen-bond acceptors (Lipinski definition) is 3. The lowest BCUT2D eigenvalue weighted by Gasteiger charge is -2.37. The van der Waals surface area contributed by atoms with Crippen LogP contribution >= 0.6 is 0 Å². The Bertz CT molecular complexity index is 269. The third-order valence-corrected chi connectivity index (χ3v) is 3.74. The number of piperidine rings is 2. The van der Waals surface area contributed by atoms with Crippen molar-refractivity contribution in [2.45, 2.75) is 45.1 Å². The zero-order valence-corrected chi connectivity index (χ0v) is 9.87. The zero-order valence-electron chi connectivity index (χ0n) is 9.87. The lowest BCUT2D eigenvalue weighted by Crippen LogP contribution is -2.51. The van der Waals surface area contributed by atoms with Gasteiger partial charge >= 0.3 is 0 Å². The average Bonchev–Trinajstić information content (AvgIpc) is 2.30. The number of carbonyl (C=O) groups excluding carboxylic acids is 2. The molecule has 0 aromatic rings. The van der Waals surface area contributed by atoms with Crippen molar-refractivity contribution < 1.29 is 9.59 Å². The van der Waals surface area contributed by atoms with Gasteiger partial charge in [0.1, 0.15) is 0 Å². The Morgan fingerprint density at radius 1 is 1.25 bits per heavy atom. The molecule has 0 radical (unpaired) electrons. The van der Waals surface area contributed by atoms with E-state index < -0.39 is 0 Å². The molecular formula is C12H20N2O2. The molecule has 2 atom stereocenters. The maximum Gasteiger partial charge on any atom is 0.229 e. The van der Waals surface area contributed by atoms with Crippen molar-refractivity contribution in [1.82, 2.24) is 10.2 Å². The van der Waals surface area contributed by atoms with Crippen LogP contribution in [0.15, 0.2) is 0 Å². The third kappa shape index (κ3) is 2.26. The Hall–Kier alpha value is -0.900. The molecule has 2 aliphatic rings. The first kappa shape index (κ1) is 11.6. The number of amides is 2. The van der Waals surface area contributed by atoms with Crippen molar-refractivity contribution in [2.75, 3.05) is 13.1 Å². The minimum Gasteiger partial charge on any atom is -0.316 e. The second kappa shape index (κ2) is 4.95. The van der Waals surface area contributed by atoms with E-state index in [2.05, 4.69) is 5.32 Å². The van der Waals surface area contributed by atoms with Gasteiger partial charge in [-0.2, -0.15) is 0 Å². The Kier molecular flexibility index (Phi) is 3.59. The second-order valence-corrected chi connectivity index (χ2v) is 4.86. The number of carbonyl (C=O) groups is 2. The molecule has 2 rings (SSSR count). The fourth-order valence-corrected chi connectivity index (χ4v) is 2.73. The largest absolute Gasteiger partial charge is 0.316 e. The molecular weight excluding hydrogens is 204 g/mol. The molecule has 4 nitrogen and oxygen atoms in total. The summed E-state index contributed by atoms with van der Waals surface area (Å²) in [5.41, 5.74) is 0. The summed E-state index contributed by atoms with van der Waals surface area (Å²) in [6.45, 7) is 4.00. The predicted octanol–water partition coefficient (Wildman–Crippen LogP) is 0.914. The minimum absolute atomic E-state index is 0.0225. The summed E-state index contributed by atoms with van der Waals surface area (Å²) in [6, 6.07) is 0.0631. The topological polar surface area (TPSA) is 49.4 Å². The molecule has 2 saturated heterocycles. The maximum absolute atomic E-state index is 11.8. The number of imide groups is 1. The van der Waals surface area contributed by atoms with Crippen LogP contribution in [-0.2, 0) is 9.59 Å². The van der Waals surface area contributed by atoms with Gasteiger partial charge in [0.25, 0.3) is 0 Å². The van der Waals surface area contributed by atoms with Crippen molar-refractivity contribution in [3.05, 3.63) is 0 Å². The van der Waals surface area contributed by atoms with Crippen molar-refractivity contribution in [3.8, 4) is 0 Å². The standard InChI is InChI=1S/C12H20N2O2/c1-9(10-4-3-7-13-8-10)14-11(15)5-2-6-12(14)16/h9-10,13H,2-8H2,1H3. The van der Waals surface area contributed by atoms with E-state index in [1.807, 2.05) is 6.92 Å². The first-order valence-corrected chi connectivity index (χ1v) is 6.26. The van der Waals surface area contributed by atoms with Crippen molar-refractivity contribution in [1.29, 1.82) is 0 Å². The van der Waals surface area contributed by atoms with Gasteiger partial charge < -0.3 is 5.32 Å². The van der Waals surface area contributed by atoms with Gasteiger partial charge in [0, 0.05) is 18.9 Å². The molecule has 0 aliphatic carbocycles. The van der Waals surface area contributed by atoms with Crippen LogP contribution < -0.4 is 5.32 Å². The van der Waals surface area contributed by atoms with Gasteiger partial charge in [-0.05, 0) is 45.2 Å². The number of nitrogens with zero attached hydrogens (tertiary/aromatic N) is 1. The van der Waals surface area contributed by atoms with E-state index in [1.165, 1.54) is 4.90 Å². The van der Waals surface area contributed by atoms with Gasteiger partial charge in [-0.25, -0.2) is 0 Å². The van der Waals surface area contributed by atoms with Crippen LogP contribution in [0.5, 0.6) is 0 Å². The lowest BCUT2D eigenvalue weighted by molar-refractivity contribution is -0.151. The molecule has 0 aromatic heterocycles. The smallest absolute Gasteiger partial charge is 0.229 e. The quantitative estimate of drug-likeness (QED) is 0.709. The van der Waals surface area contributed by atoms with Crippen LogP contribution in [0.4, 0.5) is 0 Å². The van der Waals surface area contributed by atoms with Crippen LogP contribution in [0.1, 0.15) is 39.0 Å². The predicted molar refractivity (Wildman–Crippen MR) is 60.8 cm³/mol. The summed E-state index contributed by atoms with van der Waals surface area (Å²) in [5.74, 6) is 0.475. The summed E-state index contributed by atoms with van der Waals surface area (Å²) >= 11 is 0. The fourth-order valence-electron chi connectivity index (χ4n) is 2.73. The van der Waals surface area contributed by atoms with Crippen molar-refractivity contribution >= 4 is 11.8 Å². The highest BCUT2D eigenvalue weighted by Crippen LogP contribution is 2.23. The van der Waals surface area contributed by atoms with E-state index in [-0.39, 0.29) is 17.9 Å². The molecule has 1 N–H and O–H groups in total. The minimum atomic E-state index is 0.0225. The van der Waals surface area contributed by atoms with Crippen molar-refractivity contribution in [2.24, 2.45) is 5.92 Å². The molecule has 2 fully saturated rings. The molecule has 0 bridgehead atoms. The Balaban J connectivity index is 2.03. The van der Waals surface area contributed by atoms with Crippen LogP contribution in [0.2, 0.25) is 0 Å². The van der Waals surface area contributed by atoms with Crippen LogP contribution in [-0.4, -0.2) is 35.8 Å². The van der Waals surface area contributed by atoms with E-state index >= 15 is 0 Å². The Morgan fingerprint density at radius 3 is 2.50 bits per heavy atom. The average molecular weight is 224 g/mol. The lowest BCUT2D eigenvalue weighted by atomic mass is 9.90. The van der Waals surface area contributed by atoms with Gasteiger partial charge in [-0.1, -0.05) is 0 Å². The summed E-state index contributed by atoms with van der Waals surface area (Å²) in [5, 5.41) is 3.34. The van der Waals surface area contributed by atoms with E-state index in [0.717, 1.165) is 32.4 Å². The molecule has 0 saturated carbocycles. The zero-order chi connectivity index (χ0) is 11.5. The van der Waals surface area contributed by atoms with Gasteiger partial charge in [0.15, 0.2) is 0 Å². The Morgan fingerprint density at radius 2 is 1.94 bits per heavy atom. The summed E-state index contributed by atoms with van der Waals surface area (Å²) in [4.78, 5) is 25.1. The SMILES string of the molecule is CC(C1CCCNC1)N1C(=O)CCCC1=O. The molecule has 0 aromatic carbocycles. The van der Waals surface area contributed by atoms with E-state index in [1.54, 1.807) is 0 Å². The fraction of sp³-hybridized carbons (Fsp3) is 0.833. The first-order chi connectivity index (χ1) is 7.70. The van der Waals surface area contributed by atoms with Crippen LogP contribution in [0.3, 0.4) is 0 Å². The van der Waals surface area contributed by atoms with Crippen molar-refractivity contribution in [3.63, 3.8) is 0 Å². The summed E-state index contributed by atoms with van der Waals surface area (Å²) < 4.78 is 0. The first-order valence-electron chi connectivity index (χ1n) is 6.26. The number of hydrogen-bond donors (Lipinski definition) is 1. The normalized spacial score (nSPS) is 29.3.